The quantitative estimate of drug-likeness (QED) is 0.595. The molecule has 0 spiro atoms. The van der Waals surface area contributed by atoms with E-state index in [-0.39, 0.29) is 0 Å². The van der Waals surface area contributed by atoms with Crippen molar-refractivity contribution in [2.24, 2.45) is 0 Å². The van der Waals surface area contributed by atoms with E-state index in [4.69, 9.17) is 0 Å². The number of hydrogen-bond donors (Lipinski definition) is 0. The summed E-state index contributed by atoms with van der Waals surface area (Å²) in [7, 11) is 0. The number of hydrogen-bond acceptors (Lipinski definition) is 1. The highest BCUT2D eigenvalue weighted by Crippen LogP contribution is 2.29. The normalized spacial score (nSPS) is 15.7. The van der Waals surface area contributed by atoms with Crippen LogP contribution in [0.1, 0.15) is 13.8 Å². The van der Waals surface area contributed by atoms with Gasteiger partial charge in [-0.2, -0.15) is 13.2 Å². The smallest absolute Gasteiger partial charge is 0.170 e. The Morgan fingerprint density at radius 1 is 1.44 bits per heavy atom. The van der Waals surface area contributed by atoms with E-state index in [9.17, 15) is 13.2 Å². The first-order valence-corrected chi connectivity index (χ1v) is 3.71. The van der Waals surface area contributed by atoms with E-state index < -0.39 is 11.4 Å². The maximum Gasteiger partial charge on any atom is 0.400 e. The summed E-state index contributed by atoms with van der Waals surface area (Å²) in [5.74, 6) is 0.515. The fourth-order valence-corrected chi connectivity index (χ4v) is 1.03. The molecule has 0 bridgehead atoms. The van der Waals surface area contributed by atoms with E-state index in [1.54, 1.807) is 6.92 Å². The van der Waals surface area contributed by atoms with E-state index in [0.29, 0.717) is 5.75 Å². The molecule has 0 aromatic carbocycles. The molecular weight excluding hydrogens is 149 g/mol. The molecule has 0 aliphatic heterocycles. The standard InChI is InChI=1S/C5H9F3S/c1-3-9-4(2)5(6,7)8/h4H,3H2,1-2H3. The molecule has 1 unspecified atom stereocenters. The van der Waals surface area contributed by atoms with Crippen LogP contribution in [-0.4, -0.2) is 17.2 Å². The number of alkyl halides is 3. The molecule has 9 heavy (non-hydrogen) atoms. The van der Waals surface area contributed by atoms with Gasteiger partial charge in [0.1, 0.15) is 0 Å². The summed E-state index contributed by atoms with van der Waals surface area (Å²) >= 11 is 0.913. The second-order valence-electron chi connectivity index (χ2n) is 1.64. The van der Waals surface area contributed by atoms with Crippen molar-refractivity contribution in [2.45, 2.75) is 25.3 Å². The van der Waals surface area contributed by atoms with Crippen molar-refractivity contribution >= 4 is 11.8 Å². The van der Waals surface area contributed by atoms with E-state index >= 15 is 0 Å². The van der Waals surface area contributed by atoms with Gasteiger partial charge in [0.25, 0.3) is 0 Å². The monoisotopic (exact) mass is 158 g/mol. The van der Waals surface area contributed by atoms with Crippen molar-refractivity contribution in [2.75, 3.05) is 5.75 Å². The molecule has 0 aromatic heterocycles. The first-order chi connectivity index (χ1) is 3.98. The summed E-state index contributed by atoms with van der Waals surface area (Å²) in [5, 5.41) is -1.22. The zero-order valence-corrected chi connectivity index (χ0v) is 6.14. The van der Waals surface area contributed by atoms with Gasteiger partial charge in [-0.1, -0.05) is 6.92 Å². The van der Waals surface area contributed by atoms with Crippen LogP contribution < -0.4 is 0 Å². The highest BCUT2D eigenvalue weighted by molar-refractivity contribution is 7.99. The van der Waals surface area contributed by atoms with Crippen LogP contribution in [-0.2, 0) is 0 Å². The van der Waals surface area contributed by atoms with Gasteiger partial charge in [0.15, 0.2) is 0 Å². The fraction of sp³-hybridized carbons (Fsp3) is 1.00. The number of thioether (sulfide) groups is 1. The largest absolute Gasteiger partial charge is 0.400 e. The molecule has 0 aliphatic carbocycles. The Morgan fingerprint density at radius 3 is 2.00 bits per heavy atom. The lowest BCUT2D eigenvalue weighted by molar-refractivity contribution is -0.125. The molecule has 56 valence electrons. The van der Waals surface area contributed by atoms with Crippen LogP contribution in [0.3, 0.4) is 0 Å². The topological polar surface area (TPSA) is 0 Å². The average molecular weight is 158 g/mol. The highest BCUT2D eigenvalue weighted by Gasteiger charge is 2.35. The third-order valence-corrected chi connectivity index (χ3v) is 1.98. The third-order valence-electron chi connectivity index (χ3n) is 0.878. The Morgan fingerprint density at radius 2 is 1.89 bits per heavy atom. The Balaban J connectivity index is 3.59. The summed E-state index contributed by atoms with van der Waals surface area (Å²) in [6, 6.07) is 0. The van der Waals surface area contributed by atoms with Crippen molar-refractivity contribution in [3.63, 3.8) is 0 Å². The van der Waals surface area contributed by atoms with Crippen LogP contribution in [0.15, 0.2) is 0 Å². The second-order valence-corrected chi connectivity index (χ2v) is 3.26. The van der Waals surface area contributed by atoms with Crippen LogP contribution in [0.25, 0.3) is 0 Å². The summed E-state index contributed by atoms with van der Waals surface area (Å²) in [4.78, 5) is 0. The van der Waals surface area contributed by atoms with Crippen molar-refractivity contribution < 1.29 is 13.2 Å². The van der Waals surface area contributed by atoms with Crippen molar-refractivity contribution in [3.8, 4) is 0 Å². The zero-order valence-electron chi connectivity index (χ0n) is 5.33. The number of rotatable bonds is 2. The minimum Gasteiger partial charge on any atom is -0.170 e. The van der Waals surface area contributed by atoms with E-state index in [0.717, 1.165) is 11.8 Å². The molecule has 4 heteroatoms. The van der Waals surface area contributed by atoms with Gasteiger partial charge in [-0.3, -0.25) is 0 Å². The third kappa shape index (κ3) is 3.67. The minimum atomic E-state index is -4.03. The molecule has 0 rings (SSSR count). The molecule has 1 atom stereocenters. The van der Waals surface area contributed by atoms with Crippen LogP contribution in [0.2, 0.25) is 0 Å². The molecule has 0 saturated heterocycles. The van der Waals surface area contributed by atoms with Crippen LogP contribution in [0, 0.1) is 0 Å². The summed E-state index contributed by atoms with van der Waals surface area (Å²) in [6.07, 6.45) is -4.03. The van der Waals surface area contributed by atoms with Crippen molar-refractivity contribution in [1.82, 2.24) is 0 Å². The van der Waals surface area contributed by atoms with Gasteiger partial charge in [-0.15, -0.1) is 11.8 Å². The maximum atomic E-state index is 11.6. The van der Waals surface area contributed by atoms with Crippen LogP contribution in [0.5, 0.6) is 0 Å². The Bertz CT molecular complexity index is 78.8. The lowest BCUT2D eigenvalue weighted by Gasteiger charge is -2.12. The molecule has 0 N–H and O–H groups in total. The summed E-state index contributed by atoms with van der Waals surface area (Å²) in [5.41, 5.74) is 0. The zero-order chi connectivity index (χ0) is 7.49. The Hall–Kier alpha value is 0.140. The van der Waals surface area contributed by atoms with Gasteiger partial charge in [0, 0.05) is 0 Å². The van der Waals surface area contributed by atoms with Gasteiger partial charge in [0.2, 0.25) is 0 Å². The molecule has 0 nitrogen and oxygen atoms in total. The van der Waals surface area contributed by atoms with Gasteiger partial charge in [0.05, 0.1) is 5.25 Å². The van der Waals surface area contributed by atoms with Gasteiger partial charge in [-0.25, -0.2) is 0 Å². The maximum absolute atomic E-state index is 11.6. The van der Waals surface area contributed by atoms with Crippen molar-refractivity contribution in [1.29, 1.82) is 0 Å². The van der Waals surface area contributed by atoms with E-state index in [1.807, 2.05) is 0 Å². The second kappa shape index (κ2) is 3.34. The molecule has 0 aromatic rings. The SMILES string of the molecule is CCSC(C)C(F)(F)F. The first kappa shape index (κ1) is 9.14. The Labute approximate surface area is 56.8 Å². The predicted molar refractivity (Wildman–Crippen MR) is 33.6 cm³/mol. The summed E-state index contributed by atoms with van der Waals surface area (Å²) in [6.45, 7) is 2.89. The molecule has 0 aliphatic rings. The molecule has 0 fully saturated rings. The minimum absolute atomic E-state index is 0.515. The Kier molecular flexibility index (Phi) is 3.40. The molecule has 0 amide bonds. The van der Waals surface area contributed by atoms with Gasteiger partial charge in [-0.05, 0) is 12.7 Å². The van der Waals surface area contributed by atoms with E-state index in [1.165, 1.54) is 6.92 Å². The predicted octanol–water partition coefficient (Wildman–Crippen LogP) is 2.69. The lowest BCUT2D eigenvalue weighted by atomic mass is 10.5. The fourth-order valence-electron chi connectivity index (χ4n) is 0.344. The van der Waals surface area contributed by atoms with Gasteiger partial charge >= 0.3 is 6.18 Å². The van der Waals surface area contributed by atoms with Crippen molar-refractivity contribution in [3.05, 3.63) is 0 Å². The van der Waals surface area contributed by atoms with Crippen LogP contribution >= 0.6 is 11.8 Å². The lowest BCUT2D eigenvalue weighted by Crippen LogP contribution is -2.22. The molecular formula is C5H9F3S. The number of halogens is 3. The highest BCUT2D eigenvalue weighted by atomic mass is 32.2. The molecule has 0 heterocycles. The van der Waals surface area contributed by atoms with Crippen LogP contribution in [0.4, 0.5) is 13.2 Å². The van der Waals surface area contributed by atoms with Gasteiger partial charge < -0.3 is 0 Å². The summed E-state index contributed by atoms with van der Waals surface area (Å²) < 4.78 is 34.8. The molecule has 0 saturated carbocycles. The average Bonchev–Trinajstić information content (AvgIpc) is 1.64. The molecule has 0 radical (unpaired) electrons. The first-order valence-electron chi connectivity index (χ1n) is 2.66. The van der Waals surface area contributed by atoms with E-state index in [2.05, 4.69) is 0 Å².